The zero-order valence-corrected chi connectivity index (χ0v) is 11.6. The van der Waals surface area contributed by atoms with Crippen molar-refractivity contribution in [2.24, 2.45) is 0 Å². The summed E-state index contributed by atoms with van der Waals surface area (Å²) >= 11 is 0. The van der Waals surface area contributed by atoms with Crippen LogP contribution in [-0.2, 0) is 0 Å². The summed E-state index contributed by atoms with van der Waals surface area (Å²) in [5.74, 6) is 0. The Bertz CT molecular complexity index is 414. The molecule has 1 atom stereocenters. The summed E-state index contributed by atoms with van der Waals surface area (Å²) < 4.78 is 0. The minimum absolute atomic E-state index is 0.383. The van der Waals surface area contributed by atoms with Crippen molar-refractivity contribution < 1.29 is 0 Å². The summed E-state index contributed by atoms with van der Waals surface area (Å²) in [6.07, 6.45) is 0. The quantitative estimate of drug-likeness (QED) is 0.691. The fourth-order valence-corrected chi connectivity index (χ4v) is 1.83. The van der Waals surface area contributed by atoms with E-state index in [1.165, 1.54) is 16.8 Å². The molecule has 0 fully saturated rings. The van der Waals surface area contributed by atoms with Crippen LogP contribution in [0.2, 0.25) is 0 Å². The van der Waals surface area contributed by atoms with Crippen LogP contribution in [0.15, 0.2) is 53.6 Å². The van der Waals surface area contributed by atoms with Gasteiger partial charge < -0.3 is 4.90 Å². The van der Waals surface area contributed by atoms with Crippen molar-refractivity contribution in [3.05, 3.63) is 53.6 Å². The molecule has 1 aromatic rings. The molecule has 17 heavy (non-hydrogen) atoms. The summed E-state index contributed by atoms with van der Waals surface area (Å²) in [6, 6.07) is 10.9. The van der Waals surface area contributed by atoms with E-state index >= 15 is 0 Å². The second-order valence-electron chi connectivity index (χ2n) is 4.71. The summed E-state index contributed by atoms with van der Waals surface area (Å²) in [4.78, 5) is 2.29. The highest BCUT2D eigenvalue weighted by Gasteiger charge is 2.13. The molecule has 0 aliphatic carbocycles. The Morgan fingerprint density at radius 1 is 1.12 bits per heavy atom. The number of benzene rings is 1. The van der Waals surface area contributed by atoms with Gasteiger partial charge in [-0.15, -0.1) is 0 Å². The third-order valence-corrected chi connectivity index (χ3v) is 3.60. The molecule has 1 rings (SSSR count). The first-order valence-electron chi connectivity index (χ1n) is 6.06. The Morgan fingerprint density at radius 3 is 2.12 bits per heavy atom. The number of para-hydroxylation sites is 1. The number of likely N-dealkylation sites (N-methyl/N-ethyl adjacent to an activating group) is 1. The molecule has 0 aliphatic rings. The van der Waals surface area contributed by atoms with E-state index in [4.69, 9.17) is 0 Å². The van der Waals surface area contributed by atoms with Crippen LogP contribution < -0.4 is 4.90 Å². The third kappa shape index (κ3) is 3.23. The van der Waals surface area contributed by atoms with Gasteiger partial charge in [0.05, 0.1) is 0 Å². The first kappa shape index (κ1) is 13.6. The number of nitrogens with zero attached hydrogens (tertiary/aromatic N) is 1. The topological polar surface area (TPSA) is 3.24 Å². The number of anilines is 1. The van der Waals surface area contributed by atoms with E-state index in [1.807, 2.05) is 6.07 Å². The van der Waals surface area contributed by atoms with E-state index in [-0.39, 0.29) is 0 Å². The molecule has 0 spiro atoms. The second-order valence-corrected chi connectivity index (χ2v) is 4.71. The molecule has 0 N–H and O–H groups in total. The lowest BCUT2D eigenvalue weighted by Gasteiger charge is -2.29. The lowest BCUT2D eigenvalue weighted by molar-refractivity contribution is 0.770. The van der Waals surface area contributed by atoms with Crippen LogP contribution in [0.5, 0.6) is 0 Å². The molecule has 1 unspecified atom stereocenters. The number of allylic oxidation sites excluding steroid dienone is 2. The monoisotopic (exact) mass is 229 g/mol. The first-order valence-corrected chi connectivity index (χ1v) is 6.06. The van der Waals surface area contributed by atoms with Gasteiger partial charge in [0.2, 0.25) is 0 Å². The van der Waals surface area contributed by atoms with Gasteiger partial charge in [-0.25, -0.2) is 0 Å². The predicted octanol–water partition coefficient (Wildman–Crippen LogP) is 4.42. The minimum atomic E-state index is 0.383. The largest absolute Gasteiger partial charge is 0.368 e. The van der Waals surface area contributed by atoms with Crippen molar-refractivity contribution in [1.29, 1.82) is 0 Å². The maximum atomic E-state index is 4.01. The molecular formula is C16H23N. The van der Waals surface area contributed by atoms with Crippen molar-refractivity contribution in [2.75, 3.05) is 11.9 Å². The van der Waals surface area contributed by atoms with Gasteiger partial charge in [-0.1, -0.05) is 30.4 Å². The number of hydrogen-bond acceptors (Lipinski definition) is 1. The van der Waals surface area contributed by atoms with E-state index in [2.05, 4.69) is 70.5 Å². The third-order valence-electron chi connectivity index (χ3n) is 3.60. The fraction of sp³-hybridized carbons (Fsp3) is 0.375. The predicted molar refractivity (Wildman–Crippen MR) is 77.5 cm³/mol. The van der Waals surface area contributed by atoms with Gasteiger partial charge >= 0.3 is 0 Å². The Hall–Kier alpha value is -1.50. The molecule has 0 saturated heterocycles. The lowest BCUT2D eigenvalue weighted by atomic mass is 9.99. The van der Waals surface area contributed by atoms with Crippen LogP contribution in [0.3, 0.4) is 0 Å². The fourth-order valence-electron chi connectivity index (χ4n) is 1.83. The smallest absolute Gasteiger partial charge is 0.0473 e. The van der Waals surface area contributed by atoms with E-state index in [0.29, 0.717) is 6.04 Å². The van der Waals surface area contributed by atoms with Crippen molar-refractivity contribution in [1.82, 2.24) is 0 Å². The summed E-state index contributed by atoms with van der Waals surface area (Å²) in [5, 5.41) is 0. The van der Waals surface area contributed by atoms with Crippen molar-refractivity contribution in [2.45, 2.75) is 33.7 Å². The minimum Gasteiger partial charge on any atom is -0.368 e. The molecule has 0 amide bonds. The van der Waals surface area contributed by atoms with Gasteiger partial charge in [-0.05, 0) is 51.0 Å². The SMILES string of the molecule is C=C(C)/C(C)=C(\C)C(C)N(C)c1ccccc1. The molecule has 1 aromatic carbocycles. The summed E-state index contributed by atoms with van der Waals surface area (Å²) in [6.45, 7) is 12.6. The van der Waals surface area contributed by atoms with E-state index in [1.54, 1.807) is 0 Å². The Labute approximate surface area is 105 Å². The highest BCUT2D eigenvalue weighted by molar-refractivity contribution is 5.49. The molecule has 0 radical (unpaired) electrons. The average Bonchev–Trinajstić information content (AvgIpc) is 2.36. The Balaban J connectivity index is 2.95. The number of rotatable bonds is 4. The van der Waals surface area contributed by atoms with Crippen LogP contribution in [0.1, 0.15) is 27.7 Å². The lowest BCUT2D eigenvalue weighted by Crippen LogP contribution is -2.30. The van der Waals surface area contributed by atoms with Crippen LogP contribution in [-0.4, -0.2) is 13.1 Å². The Kier molecular flexibility index (Phi) is 4.56. The van der Waals surface area contributed by atoms with Crippen LogP contribution in [0, 0.1) is 0 Å². The summed E-state index contributed by atoms with van der Waals surface area (Å²) in [5.41, 5.74) is 5.08. The van der Waals surface area contributed by atoms with Crippen LogP contribution in [0.4, 0.5) is 5.69 Å². The zero-order chi connectivity index (χ0) is 13.0. The van der Waals surface area contributed by atoms with E-state index < -0.39 is 0 Å². The van der Waals surface area contributed by atoms with Crippen molar-refractivity contribution in [3.8, 4) is 0 Å². The van der Waals surface area contributed by atoms with E-state index in [0.717, 1.165) is 5.57 Å². The van der Waals surface area contributed by atoms with Crippen molar-refractivity contribution >= 4 is 5.69 Å². The van der Waals surface area contributed by atoms with Gasteiger partial charge in [-0.2, -0.15) is 0 Å². The average molecular weight is 229 g/mol. The van der Waals surface area contributed by atoms with Gasteiger partial charge in [0.1, 0.15) is 0 Å². The normalized spacial score (nSPS) is 13.9. The van der Waals surface area contributed by atoms with E-state index in [9.17, 15) is 0 Å². The Morgan fingerprint density at radius 2 is 1.65 bits per heavy atom. The van der Waals surface area contributed by atoms with Gasteiger partial charge in [0.15, 0.2) is 0 Å². The molecule has 1 heteroatoms. The van der Waals surface area contributed by atoms with Gasteiger partial charge in [0.25, 0.3) is 0 Å². The maximum absolute atomic E-state index is 4.01. The summed E-state index contributed by atoms with van der Waals surface area (Å²) in [7, 11) is 2.13. The standard InChI is InChI=1S/C16H23N/c1-12(2)13(3)14(4)15(5)17(6)16-10-8-7-9-11-16/h7-11,15H,1H2,2-6H3/b14-13+. The molecule has 0 saturated carbocycles. The molecule has 0 aliphatic heterocycles. The second kappa shape index (κ2) is 5.72. The van der Waals surface area contributed by atoms with Crippen LogP contribution >= 0.6 is 0 Å². The van der Waals surface area contributed by atoms with Crippen LogP contribution in [0.25, 0.3) is 0 Å². The molecule has 0 aromatic heterocycles. The molecule has 0 bridgehead atoms. The first-order chi connectivity index (χ1) is 7.95. The highest BCUT2D eigenvalue weighted by Crippen LogP contribution is 2.22. The zero-order valence-electron chi connectivity index (χ0n) is 11.6. The molecule has 0 heterocycles. The van der Waals surface area contributed by atoms with Crippen molar-refractivity contribution in [3.63, 3.8) is 0 Å². The molecular weight excluding hydrogens is 206 g/mol. The molecule has 92 valence electrons. The maximum Gasteiger partial charge on any atom is 0.0473 e. The number of hydrogen-bond donors (Lipinski definition) is 0. The molecule has 1 nitrogen and oxygen atoms in total. The van der Waals surface area contributed by atoms with Gasteiger partial charge in [-0.3, -0.25) is 0 Å². The van der Waals surface area contributed by atoms with Gasteiger partial charge in [0, 0.05) is 18.8 Å². The highest BCUT2D eigenvalue weighted by atomic mass is 15.1.